The van der Waals surface area contributed by atoms with Crippen LogP contribution in [0.15, 0.2) is 54.7 Å². The summed E-state index contributed by atoms with van der Waals surface area (Å²) in [6, 6.07) is 14.2. The number of nitrogens with one attached hydrogen (secondary N) is 2. The molecule has 1 aromatic heterocycles. The van der Waals surface area contributed by atoms with Gasteiger partial charge in [0.25, 0.3) is 5.91 Å². The fourth-order valence-electron chi connectivity index (χ4n) is 6.31. The second-order valence-electron chi connectivity index (χ2n) is 12.6. The van der Waals surface area contributed by atoms with Crippen LogP contribution >= 0.6 is 0 Å². The van der Waals surface area contributed by atoms with E-state index in [4.69, 9.17) is 0 Å². The maximum Gasteiger partial charge on any atom is 0.419 e. The number of aromatic nitrogens is 1. The molecular formula is C35H41F3N6O3. The van der Waals surface area contributed by atoms with Gasteiger partial charge in [-0.2, -0.15) is 13.2 Å². The van der Waals surface area contributed by atoms with Crippen molar-refractivity contribution in [3.05, 3.63) is 77.0 Å². The van der Waals surface area contributed by atoms with Crippen LogP contribution in [0.1, 0.15) is 59.7 Å². The van der Waals surface area contributed by atoms with Crippen LogP contribution in [0.5, 0.6) is 0 Å². The first-order chi connectivity index (χ1) is 22.4. The highest BCUT2D eigenvalue weighted by Gasteiger charge is 2.37. The molecule has 3 aromatic rings. The summed E-state index contributed by atoms with van der Waals surface area (Å²) in [6.45, 7) is 4.68. The number of rotatable bonds is 12. The highest BCUT2D eigenvalue weighted by Crippen LogP contribution is 2.39. The van der Waals surface area contributed by atoms with E-state index in [1.807, 2.05) is 62.3 Å². The maximum absolute atomic E-state index is 14.2. The number of benzene rings is 2. The predicted molar refractivity (Wildman–Crippen MR) is 175 cm³/mol. The molecule has 3 amide bonds. The van der Waals surface area contributed by atoms with Crippen molar-refractivity contribution in [2.75, 3.05) is 43.5 Å². The number of halogens is 3. The highest BCUT2D eigenvalue weighted by atomic mass is 19.4. The Morgan fingerprint density at radius 1 is 1.11 bits per heavy atom. The number of pyridine rings is 1. The van der Waals surface area contributed by atoms with Crippen molar-refractivity contribution >= 4 is 29.7 Å². The molecule has 3 heterocycles. The van der Waals surface area contributed by atoms with E-state index in [0.717, 1.165) is 36.2 Å². The van der Waals surface area contributed by atoms with Gasteiger partial charge in [0, 0.05) is 75.7 Å². The molecule has 1 atom stereocenters. The topological polar surface area (TPSA) is 97.9 Å². The summed E-state index contributed by atoms with van der Waals surface area (Å²) in [5, 5.41) is 5.61. The molecule has 2 aliphatic heterocycles. The first-order valence-corrected chi connectivity index (χ1v) is 15.9. The minimum absolute atomic E-state index is 0.0169. The number of hydrogen-bond donors (Lipinski definition) is 2. The summed E-state index contributed by atoms with van der Waals surface area (Å²) in [6.07, 6.45) is -0.530. The molecule has 2 aliphatic rings. The minimum Gasteiger partial charge on any atom is -0.378 e. The van der Waals surface area contributed by atoms with Crippen molar-refractivity contribution in [3.8, 4) is 11.1 Å². The van der Waals surface area contributed by atoms with Gasteiger partial charge in [-0.25, -0.2) is 4.98 Å². The van der Waals surface area contributed by atoms with Crippen molar-refractivity contribution in [1.82, 2.24) is 20.5 Å². The lowest BCUT2D eigenvalue weighted by Crippen LogP contribution is -2.38. The number of carbonyl (C=O) groups excluding carboxylic acids is 3. The lowest BCUT2D eigenvalue weighted by atomic mass is 9.96. The maximum atomic E-state index is 14.2. The van der Waals surface area contributed by atoms with Crippen LogP contribution in [0.3, 0.4) is 0 Å². The SMILES string of the molecule is CC(CCC(=O)NC=O)N1Cc2cc(CNCC3CCN(c4ncc(-c5cccc(N(C)C)c5)cc4C(F)(F)F)CC3)ccc2C1=O. The Hall–Kier alpha value is -4.45. The molecule has 2 N–H and O–H groups in total. The molecule has 1 fully saturated rings. The fourth-order valence-corrected chi connectivity index (χ4v) is 6.31. The molecule has 9 nitrogen and oxygen atoms in total. The zero-order valence-corrected chi connectivity index (χ0v) is 26.9. The van der Waals surface area contributed by atoms with Crippen LogP contribution in [0.4, 0.5) is 24.7 Å². The molecule has 0 spiro atoms. The van der Waals surface area contributed by atoms with Crippen LogP contribution in [0.25, 0.3) is 11.1 Å². The average Bonchev–Trinajstić information content (AvgIpc) is 3.39. The molecule has 0 aliphatic carbocycles. The lowest BCUT2D eigenvalue weighted by Gasteiger charge is -2.34. The van der Waals surface area contributed by atoms with Gasteiger partial charge >= 0.3 is 6.18 Å². The van der Waals surface area contributed by atoms with E-state index < -0.39 is 11.7 Å². The number of piperidine rings is 1. The molecule has 5 rings (SSSR count). The summed E-state index contributed by atoms with van der Waals surface area (Å²) in [5.41, 5.74) is 3.95. The predicted octanol–water partition coefficient (Wildman–Crippen LogP) is 5.24. The van der Waals surface area contributed by atoms with Crippen molar-refractivity contribution in [3.63, 3.8) is 0 Å². The second-order valence-corrected chi connectivity index (χ2v) is 12.6. The number of imide groups is 1. The third-order valence-electron chi connectivity index (χ3n) is 9.09. The highest BCUT2D eigenvalue weighted by molar-refractivity contribution is 5.98. The van der Waals surface area contributed by atoms with E-state index in [0.29, 0.717) is 61.6 Å². The van der Waals surface area contributed by atoms with Gasteiger partial charge in [0.2, 0.25) is 12.3 Å². The Balaban J connectivity index is 1.14. The molecular weight excluding hydrogens is 609 g/mol. The molecule has 12 heteroatoms. The van der Waals surface area contributed by atoms with Gasteiger partial charge < -0.3 is 20.0 Å². The summed E-state index contributed by atoms with van der Waals surface area (Å²) >= 11 is 0. The second kappa shape index (κ2) is 14.5. The van der Waals surface area contributed by atoms with Gasteiger partial charge in [-0.1, -0.05) is 24.3 Å². The number of alkyl halides is 3. The average molecular weight is 651 g/mol. The molecule has 0 bridgehead atoms. The lowest BCUT2D eigenvalue weighted by molar-refractivity contribution is -0.137. The summed E-state index contributed by atoms with van der Waals surface area (Å²) < 4.78 is 42.7. The molecule has 0 saturated carbocycles. The Kier molecular flexibility index (Phi) is 10.5. The number of carbonyl (C=O) groups is 3. The Morgan fingerprint density at radius 2 is 1.87 bits per heavy atom. The summed E-state index contributed by atoms with van der Waals surface area (Å²) in [5.74, 6) is -0.130. The van der Waals surface area contributed by atoms with Gasteiger partial charge in [-0.3, -0.25) is 19.7 Å². The zero-order valence-electron chi connectivity index (χ0n) is 26.9. The molecule has 2 aromatic carbocycles. The van der Waals surface area contributed by atoms with Crippen molar-refractivity contribution in [1.29, 1.82) is 0 Å². The molecule has 47 heavy (non-hydrogen) atoms. The molecule has 250 valence electrons. The van der Waals surface area contributed by atoms with E-state index in [2.05, 4.69) is 15.6 Å². The standard InChI is InChI=1S/C35H41F3N6O3/c1-23(7-10-32(46)41-22-45)44-21-28-15-25(8-9-30(28)34(44)47)19-39-18-24-11-13-43(14-12-24)33-31(35(36,37)38)17-27(20-40-33)26-5-4-6-29(16-26)42(2)3/h4-6,8-9,15-17,20,22-24,39H,7,10-14,18-19,21H2,1-3H3,(H,41,45,46). The first-order valence-electron chi connectivity index (χ1n) is 15.9. The zero-order chi connectivity index (χ0) is 33.7. The van der Waals surface area contributed by atoms with Crippen LogP contribution in [-0.4, -0.2) is 67.9 Å². The first kappa shape index (κ1) is 33.9. The molecule has 1 saturated heterocycles. The smallest absolute Gasteiger partial charge is 0.378 e. The van der Waals surface area contributed by atoms with Crippen LogP contribution in [0, 0.1) is 5.92 Å². The van der Waals surface area contributed by atoms with Gasteiger partial charge in [-0.15, -0.1) is 0 Å². The summed E-state index contributed by atoms with van der Waals surface area (Å²) in [7, 11) is 3.78. The van der Waals surface area contributed by atoms with Gasteiger partial charge in [0.15, 0.2) is 0 Å². The van der Waals surface area contributed by atoms with E-state index >= 15 is 0 Å². The number of anilines is 2. The molecule has 0 radical (unpaired) electrons. The minimum atomic E-state index is -4.53. The van der Waals surface area contributed by atoms with E-state index in [-0.39, 0.29) is 30.1 Å². The Morgan fingerprint density at radius 3 is 2.57 bits per heavy atom. The van der Waals surface area contributed by atoms with Crippen molar-refractivity contribution < 1.29 is 27.6 Å². The van der Waals surface area contributed by atoms with E-state index in [9.17, 15) is 27.6 Å². The van der Waals surface area contributed by atoms with E-state index in [1.165, 1.54) is 12.3 Å². The monoisotopic (exact) mass is 650 g/mol. The fraction of sp³-hybridized carbons (Fsp3) is 0.429. The third kappa shape index (κ3) is 8.10. The van der Waals surface area contributed by atoms with Crippen molar-refractivity contribution in [2.24, 2.45) is 5.92 Å². The van der Waals surface area contributed by atoms with Gasteiger partial charge in [0.1, 0.15) is 5.82 Å². The van der Waals surface area contributed by atoms with Crippen LogP contribution < -0.4 is 20.4 Å². The Bertz CT molecular complexity index is 1600. The number of hydrogen-bond acceptors (Lipinski definition) is 7. The van der Waals surface area contributed by atoms with Crippen LogP contribution in [0.2, 0.25) is 0 Å². The van der Waals surface area contributed by atoms with E-state index in [1.54, 1.807) is 15.9 Å². The normalized spacial score (nSPS) is 15.8. The van der Waals surface area contributed by atoms with Crippen LogP contribution in [-0.2, 0) is 28.9 Å². The Labute approximate surface area is 273 Å². The third-order valence-corrected chi connectivity index (χ3v) is 9.09. The van der Waals surface area contributed by atoms with Gasteiger partial charge in [0.05, 0.1) is 5.56 Å². The summed E-state index contributed by atoms with van der Waals surface area (Å²) in [4.78, 5) is 44.8. The van der Waals surface area contributed by atoms with Gasteiger partial charge in [-0.05, 0) is 79.6 Å². The quantitative estimate of drug-likeness (QED) is 0.259. The van der Waals surface area contributed by atoms with Crippen molar-refractivity contribution in [2.45, 2.75) is 57.9 Å². The number of nitrogens with zero attached hydrogens (tertiary/aromatic N) is 4. The largest absolute Gasteiger partial charge is 0.419 e. The number of fused-ring (bicyclic) bond motifs is 1. The molecule has 1 unspecified atom stereocenters. The number of amides is 3.